The third-order valence-electron chi connectivity index (χ3n) is 8.23. The SMILES string of the molecule is C1=C/C(=C2/CCC(CC3=C/C=C\C=C/C/C=C\C=C\3)C2)CC=C1C1CCCCCCCCCC1. The minimum Gasteiger partial charge on any atom is -0.0807 e. The van der Waals surface area contributed by atoms with Crippen LogP contribution in [0.25, 0.3) is 0 Å². The second kappa shape index (κ2) is 14.3. The van der Waals surface area contributed by atoms with Gasteiger partial charge in [0.05, 0.1) is 0 Å². The Balaban J connectivity index is 1.33. The van der Waals surface area contributed by atoms with Crippen molar-refractivity contribution >= 4 is 0 Å². The number of hydrogen-bond acceptors (Lipinski definition) is 0. The molecule has 0 nitrogen and oxygen atoms in total. The van der Waals surface area contributed by atoms with Crippen molar-refractivity contribution in [3.8, 4) is 0 Å². The fraction of sp³-hybridized carbons (Fsp3) is 0.529. The van der Waals surface area contributed by atoms with Gasteiger partial charge in [0.15, 0.2) is 0 Å². The normalized spacial score (nSPS) is 33.0. The zero-order valence-corrected chi connectivity index (χ0v) is 21.4. The van der Waals surface area contributed by atoms with Crippen LogP contribution >= 0.6 is 0 Å². The molecule has 1 unspecified atom stereocenters. The molecule has 4 aliphatic carbocycles. The third kappa shape index (κ3) is 8.30. The van der Waals surface area contributed by atoms with E-state index in [0.29, 0.717) is 0 Å². The average molecular weight is 455 g/mol. The minimum atomic E-state index is 0.789. The molecule has 0 N–H and O–H groups in total. The Morgan fingerprint density at radius 2 is 1.41 bits per heavy atom. The molecular weight excluding hydrogens is 408 g/mol. The summed E-state index contributed by atoms with van der Waals surface area (Å²) in [6, 6.07) is 0. The topological polar surface area (TPSA) is 0 Å². The fourth-order valence-corrected chi connectivity index (χ4v) is 6.18. The first-order chi connectivity index (χ1) is 16.9. The van der Waals surface area contributed by atoms with E-state index < -0.39 is 0 Å². The highest BCUT2D eigenvalue weighted by atomic mass is 14.3. The van der Waals surface area contributed by atoms with Crippen molar-refractivity contribution in [2.75, 3.05) is 0 Å². The first kappa shape index (κ1) is 25.0. The summed E-state index contributed by atoms with van der Waals surface area (Å²) in [5, 5.41) is 0. The minimum absolute atomic E-state index is 0.789. The molecule has 0 heterocycles. The van der Waals surface area contributed by atoms with Gasteiger partial charge in [-0.05, 0) is 79.9 Å². The third-order valence-corrected chi connectivity index (χ3v) is 8.23. The molecule has 0 spiro atoms. The van der Waals surface area contributed by atoms with Gasteiger partial charge in [-0.1, -0.05) is 130 Å². The van der Waals surface area contributed by atoms with Gasteiger partial charge < -0.3 is 0 Å². The lowest BCUT2D eigenvalue weighted by Crippen LogP contribution is -2.06. The maximum atomic E-state index is 2.60. The lowest BCUT2D eigenvalue weighted by atomic mass is 9.84. The van der Waals surface area contributed by atoms with E-state index in [4.69, 9.17) is 0 Å². The predicted molar refractivity (Wildman–Crippen MR) is 150 cm³/mol. The Labute approximate surface area is 209 Å². The van der Waals surface area contributed by atoms with Gasteiger partial charge in [-0.15, -0.1) is 0 Å². The Bertz CT molecular complexity index is 867. The van der Waals surface area contributed by atoms with Crippen molar-refractivity contribution < 1.29 is 0 Å². The zero-order chi connectivity index (χ0) is 23.3. The highest BCUT2D eigenvalue weighted by molar-refractivity contribution is 5.40. The summed E-state index contributed by atoms with van der Waals surface area (Å²) in [5.41, 5.74) is 6.47. The van der Waals surface area contributed by atoms with E-state index in [0.717, 1.165) is 18.3 Å². The summed E-state index contributed by atoms with van der Waals surface area (Å²) in [6.45, 7) is 0. The predicted octanol–water partition coefficient (Wildman–Crippen LogP) is 10.4. The van der Waals surface area contributed by atoms with Gasteiger partial charge in [0.2, 0.25) is 0 Å². The van der Waals surface area contributed by atoms with Gasteiger partial charge in [-0.2, -0.15) is 0 Å². The summed E-state index contributed by atoms with van der Waals surface area (Å²) < 4.78 is 0. The van der Waals surface area contributed by atoms with Crippen molar-refractivity contribution in [1.82, 2.24) is 0 Å². The number of rotatable bonds is 3. The Kier molecular flexibility index (Phi) is 10.6. The van der Waals surface area contributed by atoms with Crippen LogP contribution in [0.5, 0.6) is 0 Å². The van der Waals surface area contributed by atoms with Gasteiger partial charge in [0, 0.05) is 0 Å². The van der Waals surface area contributed by atoms with Crippen LogP contribution in [0.4, 0.5) is 0 Å². The molecule has 0 aromatic heterocycles. The maximum absolute atomic E-state index is 2.60. The van der Waals surface area contributed by atoms with Crippen molar-refractivity contribution in [2.24, 2.45) is 11.8 Å². The lowest BCUT2D eigenvalue weighted by Gasteiger charge is -2.21. The Hall–Kier alpha value is -2.08. The van der Waals surface area contributed by atoms with Gasteiger partial charge in [0.25, 0.3) is 0 Å². The van der Waals surface area contributed by atoms with Crippen molar-refractivity contribution in [1.29, 1.82) is 0 Å². The highest BCUT2D eigenvalue weighted by Gasteiger charge is 2.23. The second-order valence-electron chi connectivity index (χ2n) is 10.9. The maximum Gasteiger partial charge on any atom is -0.00920 e. The van der Waals surface area contributed by atoms with Crippen LogP contribution in [-0.4, -0.2) is 0 Å². The molecule has 2 saturated carbocycles. The molecule has 4 aliphatic rings. The van der Waals surface area contributed by atoms with Crippen LogP contribution in [0.15, 0.2) is 95.2 Å². The van der Waals surface area contributed by atoms with Crippen LogP contribution in [-0.2, 0) is 0 Å². The van der Waals surface area contributed by atoms with Crippen LogP contribution in [0, 0.1) is 11.8 Å². The van der Waals surface area contributed by atoms with E-state index in [1.54, 1.807) is 16.7 Å². The van der Waals surface area contributed by atoms with Crippen LogP contribution in [0.2, 0.25) is 0 Å². The van der Waals surface area contributed by atoms with E-state index in [9.17, 15) is 0 Å². The molecule has 0 heteroatoms. The first-order valence-corrected chi connectivity index (χ1v) is 14.3. The molecule has 0 aliphatic heterocycles. The van der Waals surface area contributed by atoms with Gasteiger partial charge in [0.1, 0.15) is 0 Å². The summed E-state index contributed by atoms with van der Waals surface area (Å²) in [6.07, 6.45) is 49.3. The van der Waals surface area contributed by atoms with Crippen molar-refractivity contribution in [2.45, 2.75) is 103 Å². The summed E-state index contributed by atoms with van der Waals surface area (Å²) >= 11 is 0. The number of hydrogen-bond donors (Lipinski definition) is 0. The summed E-state index contributed by atoms with van der Waals surface area (Å²) in [7, 11) is 0. The molecule has 0 amide bonds. The molecule has 0 bridgehead atoms. The van der Waals surface area contributed by atoms with Crippen LogP contribution in [0.1, 0.15) is 103 Å². The zero-order valence-electron chi connectivity index (χ0n) is 21.4. The van der Waals surface area contributed by atoms with E-state index >= 15 is 0 Å². The molecule has 0 aromatic carbocycles. The Morgan fingerprint density at radius 3 is 2.15 bits per heavy atom. The summed E-state index contributed by atoms with van der Waals surface area (Å²) in [5.74, 6) is 1.60. The second-order valence-corrected chi connectivity index (χ2v) is 10.9. The Morgan fingerprint density at radius 1 is 0.676 bits per heavy atom. The molecule has 0 saturated heterocycles. The molecular formula is C34H46. The van der Waals surface area contributed by atoms with Crippen molar-refractivity contribution in [3.63, 3.8) is 0 Å². The number of allylic oxidation sites excluding steroid dienone is 16. The molecule has 1 atom stereocenters. The molecule has 0 radical (unpaired) electrons. The lowest BCUT2D eigenvalue weighted by molar-refractivity contribution is 0.473. The molecule has 34 heavy (non-hydrogen) atoms. The van der Waals surface area contributed by atoms with E-state index in [1.165, 1.54) is 102 Å². The average Bonchev–Trinajstić information content (AvgIpc) is 3.28. The van der Waals surface area contributed by atoms with Gasteiger partial charge in [-0.3, -0.25) is 0 Å². The first-order valence-electron chi connectivity index (χ1n) is 14.3. The van der Waals surface area contributed by atoms with Gasteiger partial charge in [-0.25, -0.2) is 0 Å². The molecule has 2 fully saturated rings. The monoisotopic (exact) mass is 454 g/mol. The largest absolute Gasteiger partial charge is 0.0807 e. The molecule has 0 aromatic rings. The molecule has 182 valence electrons. The molecule has 4 rings (SSSR count). The van der Waals surface area contributed by atoms with Crippen LogP contribution < -0.4 is 0 Å². The quantitative estimate of drug-likeness (QED) is 0.398. The fourth-order valence-electron chi connectivity index (χ4n) is 6.18. The van der Waals surface area contributed by atoms with E-state index in [2.05, 4.69) is 72.9 Å². The highest BCUT2D eigenvalue weighted by Crippen LogP contribution is 2.39. The summed E-state index contributed by atoms with van der Waals surface area (Å²) in [4.78, 5) is 0. The standard InChI is InChI=1S/C34H46/c1-2-6-10-14-18-29(17-13-9-5-1)27-30-21-22-34(28-30)33-25-23-32(24-26-33)31-19-15-11-7-3-4-8-12-16-20-31/h1,5-6,9-10,13-14,17-18,23-25,30-31H,2-4,7-8,11-12,15-16,19-22,26-28H2/b5-1-,10-6-,13-9-,18-14+,29-17+,34-33+. The van der Waals surface area contributed by atoms with E-state index in [-0.39, 0.29) is 0 Å². The smallest absolute Gasteiger partial charge is 0.00920 e. The van der Waals surface area contributed by atoms with E-state index in [1.807, 2.05) is 0 Å². The van der Waals surface area contributed by atoms with Crippen molar-refractivity contribution in [3.05, 3.63) is 95.2 Å². The van der Waals surface area contributed by atoms with Crippen LogP contribution in [0.3, 0.4) is 0 Å². The van der Waals surface area contributed by atoms with Gasteiger partial charge >= 0.3 is 0 Å².